The molecule has 0 unspecified atom stereocenters. The first kappa shape index (κ1) is 24.3. The average molecular weight is 402 g/mol. The normalized spacial score (nSPS) is 15.1. The molecule has 0 atom stereocenters. The molecule has 1 fully saturated rings. The Kier molecular flexibility index (Phi) is 14.6. The Morgan fingerprint density at radius 1 is 0.889 bits per heavy atom. The number of carbonyl (C=O) groups excluding carboxylic acids is 2. The van der Waals surface area contributed by atoms with Crippen molar-refractivity contribution >= 4 is 23.5 Å². The van der Waals surface area contributed by atoms with Crippen molar-refractivity contribution in [1.29, 1.82) is 0 Å². The van der Waals surface area contributed by atoms with Crippen LogP contribution in [0.25, 0.3) is 0 Å². The van der Waals surface area contributed by atoms with E-state index in [1.54, 1.807) is 0 Å². The molecule has 4 nitrogen and oxygen atoms in total. The van der Waals surface area contributed by atoms with Crippen molar-refractivity contribution < 1.29 is 14.3 Å². The first-order chi connectivity index (χ1) is 13.2. The van der Waals surface area contributed by atoms with E-state index >= 15 is 0 Å². The summed E-state index contributed by atoms with van der Waals surface area (Å²) in [5.41, 5.74) is 0. The number of piperidine rings is 1. The second kappa shape index (κ2) is 16.2. The van der Waals surface area contributed by atoms with Gasteiger partial charge in [-0.25, -0.2) is 0 Å². The number of hydrogen-bond acceptors (Lipinski definition) is 3. The van der Waals surface area contributed by atoms with Crippen LogP contribution in [0.4, 0.5) is 0 Å². The van der Waals surface area contributed by atoms with E-state index in [0.717, 1.165) is 12.8 Å². The molecule has 1 rings (SSSR count). The molecule has 0 saturated carbocycles. The van der Waals surface area contributed by atoms with Gasteiger partial charge in [-0.3, -0.25) is 9.59 Å². The minimum atomic E-state index is -0.0773. The van der Waals surface area contributed by atoms with E-state index < -0.39 is 0 Å². The Hall–Kier alpha value is -0.770. The van der Waals surface area contributed by atoms with Gasteiger partial charge in [0.2, 0.25) is 5.91 Å². The summed E-state index contributed by atoms with van der Waals surface area (Å²) >= 11 is 5.61. The van der Waals surface area contributed by atoms with Crippen LogP contribution in [0.2, 0.25) is 0 Å². The standard InChI is InChI=1S/C22H40ClNO3/c1-2-3-4-5-6-7-8-9-10-11-12-19-27-22(26)20-14-17-24(18-15-20)21(25)13-16-23/h20H,2-19H2,1H3. The van der Waals surface area contributed by atoms with E-state index in [9.17, 15) is 9.59 Å². The number of likely N-dealkylation sites (tertiary alicyclic amines) is 1. The average Bonchev–Trinajstić information content (AvgIpc) is 2.69. The van der Waals surface area contributed by atoms with Crippen molar-refractivity contribution in [2.75, 3.05) is 25.6 Å². The van der Waals surface area contributed by atoms with E-state index in [4.69, 9.17) is 16.3 Å². The van der Waals surface area contributed by atoms with Gasteiger partial charge in [0, 0.05) is 25.4 Å². The Bertz CT molecular complexity index is 395. The molecule has 0 spiro atoms. The molecule has 0 aliphatic carbocycles. The number of ether oxygens (including phenoxy) is 1. The van der Waals surface area contributed by atoms with Crippen LogP contribution in [0.1, 0.15) is 96.8 Å². The lowest BCUT2D eigenvalue weighted by Gasteiger charge is -2.30. The zero-order valence-electron chi connectivity index (χ0n) is 17.4. The van der Waals surface area contributed by atoms with Crippen LogP contribution in [0.5, 0.6) is 0 Å². The number of esters is 1. The number of halogens is 1. The van der Waals surface area contributed by atoms with E-state index in [1.165, 1.54) is 57.8 Å². The van der Waals surface area contributed by atoms with Crippen molar-refractivity contribution in [3.63, 3.8) is 0 Å². The molecule has 0 radical (unpaired) electrons. The highest BCUT2D eigenvalue weighted by atomic mass is 35.5. The molecule has 0 aromatic rings. The Labute approximate surface area is 171 Å². The summed E-state index contributed by atoms with van der Waals surface area (Å²) in [6.07, 6.45) is 16.0. The summed E-state index contributed by atoms with van der Waals surface area (Å²) in [7, 11) is 0. The predicted molar refractivity (Wildman–Crippen MR) is 112 cm³/mol. The molecule has 158 valence electrons. The number of amides is 1. The molecule has 0 bridgehead atoms. The molecule has 1 aliphatic rings. The fourth-order valence-corrected chi connectivity index (χ4v) is 3.82. The smallest absolute Gasteiger partial charge is 0.309 e. The molecule has 1 saturated heterocycles. The van der Waals surface area contributed by atoms with Crippen LogP contribution in [0, 0.1) is 5.92 Å². The molecule has 0 aromatic carbocycles. The van der Waals surface area contributed by atoms with E-state index in [-0.39, 0.29) is 17.8 Å². The largest absolute Gasteiger partial charge is 0.465 e. The molecule has 0 aromatic heterocycles. The van der Waals surface area contributed by atoms with Crippen molar-refractivity contribution in [2.45, 2.75) is 96.8 Å². The highest BCUT2D eigenvalue weighted by Gasteiger charge is 2.27. The van der Waals surface area contributed by atoms with Gasteiger partial charge in [-0.2, -0.15) is 0 Å². The van der Waals surface area contributed by atoms with Gasteiger partial charge >= 0.3 is 5.97 Å². The number of carbonyl (C=O) groups is 2. The van der Waals surface area contributed by atoms with Crippen LogP contribution >= 0.6 is 11.6 Å². The first-order valence-corrected chi connectivity index (χ1v) is 11.7. The quantitative estimate of drug-likeness (QED) is 0.200. The molecule has 1 aliphatic heterocycles. The molecule has 1 amide bonds. The monoisotopic (exact) mass is 401 g/mol. The maximum absolute atomic E-state index is 12.1. The Morgan fingerprint density at radius 2 is 1.41 bits per heavy atom. The lowest BCUT2D eigenvalue weighted by Crippen LogP contribution is -2.40. The fraction of sp³-hybridized carbons (Fsp3) is 0.909. The molecule has 27 heavy (non-hydrogen) atoms. The summed E-state index contributed by atoms with van der Waals surface area (Å²) in [5, 5.41) is 0. The second-order valence-corrected chi connectivity index (χ2v) is 8.18. The SMILES string of the molecule is CCCCCCCCCCCCCOC(=O)C1CCN(C(=O)CCCl)CC1. The molecule has 0 N–H and O–H groups in total. The Morgan fingerprint density at radius 3 is 1.93 bits per heavy atom. The topological polar surface area (TPSA) is 46.6 Å². The summed E-state index contributed by atoms with van der Waals surface area (Å²) in [5.74, 6) is 0.335. The third-order valence-corrected chi connectivity index (χ3v) is 5.67. The van der Waals surface area contributed by atoms with Gasteiger partial charge in [-0.05, 0) is 19.3 Å². The maximum Gasteiger partial charge on any atom is 0.309 e. The third-order valence-electron chi connectivity index (χ3n) is 5.48. The summed E-state index contributed by atoms with van der Waals surface area (Å²) < 4.78 is 5.44. The second-order valence-electron chi connectivity index (χ2n) is 7.80. The van der Waals surface area contributed by atoms with E-state index in [0.29, 0.717) is 44.8 Å². The molecule has 5 heteroatoms. The van der Waals surface area contributed by atoms with Crippen molar-refractivity contribution in [1.82, 2.24) is 4.90 Å². The number of hydrogen-bond donors (Lipinski definition) is 0. The third kappa shape index (κ3) is 11.6. The maximum atomic E-state index is 12.1. The zero-order valence-corrected chi connectivity index (χ0v) is 18.1. The molecule has 1 heterocycles. The van der Waals surface area contributed by atoms with E-state index in [1.807, 2.05) is 4.90 Å². The highest BCUT2D eigenvalue weighted by Crippen LogP contribution is 2.19. The summed E-state index contributed by atoms with van der Waals surface area (Å²) in [6, 6.07) is 0. The van der Waals surface area contributed by atoms with Crippen molar-refractivity contribution in [2.24, 2.45) is 5.92 Å². The van der Waals surface area contributed by atoms with Crippen LogP contribution in [0.15, 0.2) is 0 Å². The lowest BCUT2D eigenvalue weighted by atomic mass is 9.97. The van der Waals surface area contributed by atoms with E-state index in [2.05, 4.69) is 6.92 Å². The van der Waals surface area contributed by atoms with Gasteiger partial charge in [0.05, 0.1) is 12.5 Å². The van der Waals surface area contributed by atoms with Gasteiger partial charge in [0.25, 0.3) is 0 Å². The fourth-order valence-electron chi connectivity index (χ4n) is 3.66. The van der Waals surface area contributed by atoms with Crippen molar-refractivity contribution in [3.8, 4) is 0 Å². The number of alkyl halides is 1. The van der Waals surface area contributed by atoms with Crippen LogP contribution in [0.3, 0.4) is 0 Å². The van der Waals surface area contributed by atoms with Crippen LogP contribution in [-0.4, -0.2) is 42.4 Å². The summed E-state index contributed by atoms with van der Waals surface area (Å²) in [6.45, 7) is 4.09. The van der Waals surface area contributed by atoms with Crippen molar-refractivity contribution in [3.05, 3.63) is 0 Å². The lowest BCUT2D eigenvalue weighted by molar-refractivity contribution is -0.151. The minimum absolute atomic E-state index is 0.0437. The number of unbranched alkanes of at least 4 members (excludes halogenated alkanes) is 10. The molecular weight excluding hydrogens is 362 g/mol. The van der Waals surface area contributed by atoms with Crippen LogP contribution in [-0.2, 0) is 14.3 Å². The summed E-state index contributed by atoms with van der Waals surface area (Å²) in [4.78, 5) is 25.7. The number of rotatable bonds is 15. The van der Waals surface area contributed by atoms with Gasteiger partial charge < -0.3 is 9.64 Å². The first-order valence-electron chi connectivity index (χ1n) is 11.2. The zero-order chi connectivity index (χ0) is 19.7. The highest BCUT2D eigenvalue weighted by molar-refractivity contribution is 6.18. The van der Waals surface area contributed by atoms with Gasteiger partial charge in [0.15, 0.2) is 0 Å². The van der Waals surface area contributed by atoms with Crippen LogP contribution < -0.4 is 0 Å². The minimum Gasteiger partial charge on any atom is -0.465 e. The van der Waals surface area contributed by atoms with Gasteiger partial charge in [0.1, 0.15) is 0 Å². The molecular formula is C22H40ClNO3. The predicted octanol–water partition coefficient (Wildman–Crippen LogP) is 5.71. The van der Waals surface area contributed by atoms with Gasteiger partial charge in [-0.1, -0.05) is 71.1 Å². The van der Waals surface area contributed by atoms with Gasteiger partial charge in [-0.15, -0.1) is 11.6 Å². The number of nitrogens with zero attached hydrogens (tertiary/aromatic N) is 1. The Balaban J connectivity index is 1.92.